The molecule has 142 valence electrons. The first-order valence-corrected chi connectivity index (χ1v) is 8.69. The van der Waals surface area contributed by atoms with Crippen molar-refractivity contribution in [3.63, 3.8) is 0 Å². The van der Waals surface area contributed by atoms with Crippen molar-refractivity contribution in [3.8, 4) is 0 Å². The molecule has 0 aromatic carbocycles. The fourth-order valence-electron chi connectivity index (χ4n) is 2.96. The van der Waals surface area contributed by atoms with E-state index >= 15 is 0 Å². The smallest absolute Gasteiger partial charge is 0.410 e. The number of hydrogen-bond acceptors (Lipinski definition) is 6. The number of aliphatic hydroxyl groups excluding tert-OH is 2. The largest absolute Gasteiger partial charge is 0.444 e. The second kappa shape index (κ2) is 8.47. The number of carbonyl (C=O) groups excluding carboxylic acids is 1. The van der Waals surface area contributed by atoms with E-state index in [9.17, 15) is 20.1 Å². The van der Waals surface area contributed by atoms with Crippen molar-refractivity contribution in [3.05, 3.63) is 0 Å². The van der Waals surface area contributed by atoms with Gasteiger partial charge in [-0.25, -0.2) is 4.79 Å². The van der Waals surface area contributed by atoms with E-state index in [1.807, 2.05) is 25.7 Å². The summed E-state index contributed by atoms with van der Waals surface area (Å²) in [6.07, 6.45) is -0.525. The van der Waals surface area contributed by atoms with Crippen LogP contribution in [0, 0.1) is 0 Å². The van der Waals surface area contributed by atoms with Crippen LogP contribution in [0.2, 0.25) is 0 Å². The molecule has 1 aliphatic heterocycles. The molecule has 1 rings (SSSR count). The van der Waals surface area contributed by atoms with Crippen molar-refractivity contribution >= 4 is 6.09 Å². The van der Waals surface area contributed by atoms with Crippen LogP contribution < -0.4 is 0 Å². The Labute approximate surface area is 145 Å². The van der Waals surface area contributed by atoms with Crippen LogP contribution in [-0.2, 0) is 4.74 Å². The van der Waals surface area contributed by atoms with Gasteiger partial charge in [0.05, 0.1) is 17.8 Å². The van der Waals surface area contributed by atoms with Crippen molar-refractivity contribution in [2.75, 3.05) is 32.7 Å². The highest BCUT2D eigenvalue weighted by Gasteiger charge is 2.37. The van der Waals surface area contributed by atoms with Crippen LogP contribution >= 0.6 is 0 Å². The number of rotatable bonds is 6. The average molecular weight is 346 g/mol. The monoisotopic (exact) mass is 346 g/mol. The molecule has 2 unspecified atom stereocenters. The van der Waals surface area contributed by atoms with Gasteiger partial charge in [-0.15, -0.1) is 0 Å². The number of hydrogen-bond donors (Lipinski definition) is 3. The zero-order chi connectivity index (χ0) is 18.5. The number of amides is 1. The number of aliphatic hydroxyl groups is 3. The minimum atomic E-state index is -0.928. The van der Waals surface area contributed by atoms with Gasteiger partial charge in [-0.3, -0.25) is 4.90 Å². The maximum absolute atomic E-state index is 12.1. The van der Waals surface area contributed by atoms with Gasteiger partial charge in [-0.2, -0.15) is 0 Å². The summed E-state index contributed by atoms with van der Waals surface area (Å²) in [5.74, 6) is 0. The number of ether oxygens (including phenoxy) is 1. The Morgan fingerprint density at radius 2 is 1.62 bits per heavy atom. The molecule has 3 N–H and O–H groups in total. The summed E-state index contributed by atoms with van der Waals surface area (Å²) in [6.45, 7) is 10.9. The predicted octanol–water partition coefficient (Wildman–Crippen LogP) is 0.812. The molecule has 0 spiro atoms. The van der Waals surface area contributed by atoms with Gasteiger partial charge in [0, 0.05) is 32.7 Å². The van der Waals surface area contributed by atoms with Crippen LogP contribution in [0.4, 0.5) is 4.79 Å². The van der Waals surface area contributed by atoms with Gasteiger partial charge < -0.3 is 25.0 Å². The lowest BCUT2D eigenvalue weighted by Gasteiger charge is -2.41. The number of nitrogens with zero attached hydrogens (tertiary/aromatic N) is 2. The normalized spacial score (nSPS) is 20.8. The number of carbonyl (C=O) groups is 1. The van der Waals surface area contributed by atoms with Crippen molar-refractivity contribution in [2.24, 2.45) is 0 Å². The van der Waals surface area contributed by atoms with E-state index in [1.54, 1.807) is 18.7 Å². The first-order chi connectivity index (χ1) is 10.9. The molecular weight excluding hydrogens is 312 g/mol. The summed E-state index contributed by atoms with van der Waals surface area (Å²) in [7, 11) is 0. The fourth-order valence-corrected chi connectivity index (χ4v) is 2.96. The maximum Gasteiger partial charge on any atom is 0.410 e. The number of piperidine rings is 1. The van der Waals surface area contributed by atoms with Crippen LogP contribution in [-0.4, -0.2) is 87.3 Å². The Bertz CT molecular complexity index is 388. The first-order valence-electron chi connectivity index (χ1n) is 8.69. The third-order valence-electron chi connectivity index (χ3n) is 3.91. The highest BCUT2D eigenvalue weighted by atomic mass is 16.6. The molecule has 0 bridgehead atoms. The zero-order valence-corrected chi connectivity index (χ0v) is 15.7. The lowest BCUT2D eigenvalue weighted by molar-refractivity contribution is -0.0589. The third kappa shape index (κ3) is 7.79. The standard InChI is InChI=1S/C17H34N2O5/c1-13(20)10-18(11-14(2)21)12-17(23)6-8-19(9-7-17)15(22)24-16(3,4)5/h13-14,20-21,23H,6-12H2,1-5H3. The Balaban J connectivity index is 2.57. The summed E-state index contributed by atoms with van der Waals surface area (Å²) < 4.78 is 5.36. The molecule has 1 heterocycles. The minimum absolute atomic E-state index is 0.352. The van der Waals surface area contributed by atoms with Crippen LogP contribution in [0.25, 0.3) is 0 Å². The molecule has 0 aromatic heterocycles. The molecule has 0 saturated carbocycles. The highest BCUT2D eigenvalue weighted by Crippen LogP contribution is 2.25. The molecule has 7 heteroatoms. The van der Waals surface area contributed by atoms with E-state index in [0.717, 1.165) is 0 Å². The van der Waals surface area contributed by atoms with Gasteiger partial charge in [-0.1, -0.05) is 0 Å². The SMILES string of the molecule is CC(O)CN(CC(C)O)CC1(O)CCN(C(=O)OC(C)(C)C)CC1. The van der Waals surface area contributed by atoms with Gasteiger partial charge in [0.1, 0.15) is 5.60 Å². The van der Waals surface area contributed by atoms with Crippen molar-refractivity contribution in [1.29, 1.82) is 0 Å². The molecule has 0 aromatic rings. The lowest BCUT2D eigenvalue weighted by atomic mass is 9.90. The minimum Gasteiger partial charge on any atom is -0.444 e. The van der Waals surface area contributed by atoms with Crippen molar-refractivity contribution < 1.29 is 24.9 Å². The Kier molecular flexibility index (Phi) is 7.46. The Morgan fingerprint density at radius 3 is 2.00 bits per heavy atom. The van der Waals surface area contributed by atoms with Crippen LogP contribution in [0.15, 0.2) is 0 Å². The van der Waals surface area contributed by atoms with Gasteiger partial charge in [-0.05, 0) is 47.5 Å². The molecule has 24 heavy (non-hydrogen) atoms. The quantitative estimate of drug-likeness (QED) is 0.659. The zero-order valence-electron chi connectivity index (χ0n) is 15.7. The molecule has 7 nitrogen and oxygen atoms in total. The van der Waals surface area contributed by atoms with E-state index < -0.39 is 23.4 Å². The van der Waals surface area contributed by atoms with Crippen LogP contribution in [0.5, 0.6) is 0 Å². The summed E-state index contributed by atoms with van der Waals surface area (Å²) in [5, 5.41) is 30.0. The van der Waals surface area contributed by atoms with E-state index in [4.69, 9.17) is 4.74 Å². The fraction of sp³-hybridized carbons (Fsp3) is 0.941. The Hall–Kier alpha value is -0.890. The van der Waals surface area contributed by atoms with Crippen molar-refractivity contribution in [2.45, 2.75) is 70.9 Å². The molecule has 1 fully saturated rings. The van der Waals surface area contributed by atoms with Crippen LogP contribution in [0.3, 0.4) is 0 Å². The second-order valence-electron chi connectivity index (χ2n) is 8.08. The predicted molar refractivity (Wildman–Crippen MR) is 91.8 cm³/mol. The van der Waals surface area contributed by atoms with Crippen LogP contribution in [0.1, 0.15) is 47.5 Å². The summed E-state index contributed by atoms with van der Waals surface area (Å²) in [5.41, 5.74) is -1.46. The molecule has 1 amide bonds. The average Bonchev–Trinajstić information content (AvgIpc) is 2.34. The summed E-state index contributed by atoms with van der Waals surface area (Å²) in [4.78, 5) is 15.6. The van der Waals surface area contributed by atoms with E-state index in [-0.39, 0.29) is 6.09 Å². The highest BCUT2D eigenvalue weighted by molar-refractivity contribution is 5.68. The summed E-state index contributed by atoms with van der Waals surface area (Å²) in [6, 6.07) is 0. The van der Waals surface area contributed by atoms with Gasteiger partial charge in [0.25, 0.3) is 0 Å². The maximum atomic E-state index is 12.1. The molecular formula is C17H34N2O5. The first kappa shape index (κ1) is 21.2. The molecule has 1 aliphatic rings. The summed E-state index contributed by atoms with van der Waals surface area (Å²) >= 11 is 0. The third-order valence-corrected chi connectivity index (χ3v) is 3.91. The Morgan fingerprint density at radius 1 is 1.17 bits per heavy atom. The van der Waals surface area contributed by atoms with E-state index in [1.165, 1.54) is 0 Å². The molecule has 1 saturated heterocycles. The van der Waals surface area contributed by atoms with Gasteiger partial charge >= 0.3 is 6.09 Å². The van der Waals surface area contributed by atoms with Crippen molar-refractivity contribution in [1.82, 2.24) is 9.80 Å². The molecule has 0 radical (unpaired) electrons. The van der Waals surface area contributed by atoms with E-state index in [2.05, 4.69) is 0 Å². The number of likely N-dealkylation sites (tertiary alicyclic amines) is 1. The second-order valence-corrected chi connectivity index (χ2v) is 8.08. The lowest BCUT2D eigenvalue weighted by Crippen LogP contribution is -2.54. The van der Waals surface area contributed by atoms with Gasteiger partial charge in [0.15, 0.2) is 0 Å². The topological polar surface area (TPSA) is 93.5 Å². The van der Waals surface area contributed by atoms with E-state index in [0.29, 0.717) is 45.6 Å². The van der Waals surface area contributed by atoms with Gasteiger partial charge in [0.2, 0.25) is 0 Å². The molecule has 0 aliphatic carbocycles. The molecule has 2 atom stereocenters.